The van der Waals surface area contributed by atoms with Crippen molar-refractivity contribution in [3.8, 4) is 0 Å². The highest BCUT2D eigenvalue weighted by molar-refractivity contribution is 6.44. The molecule has 0 amide bonds. The summed E-state index contributed by atoms with van der Waals surface area (Å²) in [6.07, 6.45) is 5.26. The molecule has 0 spiro atoms. The minimum atomic E-state index is -1.28. The van der Waals surface area contributed by atoms with Crippen molar-refractivity contribution in [1.29, 1.82) is 0 Å². The quantitative estimate of drug-likeness (QED) is 0.422. The second kappa shape index (κ2) is 10.5. The molecule has 0 aromatic rings. The Labute approximate surface area is 87.7 Å². The van der Waals surface area contributed by atoms with Gasteiger partial charge < -0.3 is 7.58 Å². The first-order valence-corrected chi connectivity index (χ1v) is 7.34. The van der Waals surface area contributed by atoms with E-state index >= 15 is 0 Å². The smallest absolute Gasteiger partial charge is 0.479 e. The van der Waals surface area contributed by atoms with Crippen LogP contribution in [0, 0.1) is 0 Å². The van der Waals surface area contributed by atoms with Crippen molar-refractivity contribution in [2.45, 2.75) is 51.7 Å². The van der Waals surface area contributed by atoms with Crippen LogP contribution in [0.25, 0.3) is 0 Å². The Morgan fingerprint density at radius 1 is 0.846 bits per heavy atom. The van der Waals surface area contributed by atoms with Gasteiger partial charge in [-0.25, -0.2) is 0 Å². The molecule has 0 aromatic carbocycles. The van der Waals surface area contributed by atoms with Crippen molar-refractivity contribution in [3.63, 3.8) is 0 Å². The molecule has 13 heavy (non-hydrogen) atoms. The summed E-state index contributed by atoms with van der Waals surface area (Å²) < 4.78 is 11.2. The fourth-order valence-corrected chi connectivity index (χ4v) is 3.12. The van der Waals surface area contributed by atoms with E-state index in [9.17, 15) is 0 Å². The molecule has 3 heteroatoms. The van der Waals surface area contributed by atoms with Gasteiger partial charge in [0.05, 0.1) is 0 Å². The molecule has 0 radical (unpaired) electrons. The topological polar surface area (TPSA) is 18.5 Å². The lowest BCUT2D eigenvalue weighted by Gasteiger charge is -2.10. The van der Waals surface area contributed by atoms with E-state index in [-0.39, 0.29) is 0 Å². The fraction of sp³-hybridized carbons (Fsp3) is 1.00. The van der Waals surface area contributed by atoms with Gasteiger partial charge in [-0.15, -0.1) is 0 Å². The van der Waals surface area contributed by atoms with Gasteiger partial charge in [-0.1, -0.05) is 32.6 Å². The highest BCUT2D eigenvalue weighted by Crippen LogP contribution is 2.07. The molecular weight excluding hydrogens is 179 g/mol. The van der Waals surface area contributed by atoms with E-state index in [1.807, 2.05) is 13.8 Å². The SMILES string of the molecule is CCCCC[CH2][Al]([O]CC)[O]CC. The van der Waals surface area contributed by atoms with Gasteiger partial charge in [0.25, 0.3) is 0 Å². The first-order chi connectivity index (χ1) is 6.35. The molecule has 0 aliphatic carbocycles. The average Bonchev–Trinajstić information content (AvgIpc) is 2.13. The van der Waals surface area contributed by atoms with Crippen LogP contribution in [0.5, 0.6) is 0 Å². The number of rotatable bonds is 9. The van der Waals surface area contributed by atoms with Gasteiger partial charge in [-0.3, -0.25) is 0 Å². The Balaban J connectivity index is 3.33. The molecule has 0 bridgehead atoms. The highest BCUT2D eigenvalue weighted by atomic mass is 27.2. The molecule has 0 aliphatic rings. The predicted molar refractivity (Wildman–Crippen MR) is 58.0 cm³/mol. The molecule has 78 valence electrons. The van der Waals surface area contributed by atoms with Crippen molar-refractivity contribution < 1.29 is 7.58 Å². The average molecular weight is 202 g/mol. The third-order valence-corrected chi connectivity index (χ3v) is 4.29. The maximum atomic E-state index is 5.58. The van der Waals surface area contributed by atoms with E-state index in [0.717, 1.165) is 13.2 Å². The molecule has 0 unspecified atom stereocenters. The molecule has 0 saturated heterocycles. The monoisotopic (exact) mass is 202 g/mol. The van der Waals surface area contributed by atoms with Crippen molar-refractivity contribution in [3.05, 3.63) is 0 Å². The van der Waals surface area contributed by atoms with Gasteiger partial charge in [0.2, 0.25) is 0 Å². The summed E-state index contributed by atoms with van der Waals surface area (Å²) in [6.45, 7) is 7.95. The number of hydrogen-bond acceptors (Lipinski definition) is 2. The van der Waals surface area contributed by atoms with Crippen molar-refractivity contribution in [2.75, 3.05) is 13.2 Å². The van der Waals surface area contributed by atoms with Crippen LogP contribution in [-0.4, -0.2) is 28.0 Å². The zero-order valence-electron chi connectivity index (χ0n) is 9.34. The molecule has 0 saturated carbocycles. The van der Waals surface area contributed by atoms with Crippen LogP contribution in [0.2, 0.25) is 5.28 Å². The van der Waals surface area contributed by atoms with Crippen LogP contribution < -0.4 is 0 Å². The first kappa shape index (κ1) is 13.5. The molecule has 0 rings (SSSR count). The zero-order valence-corrected chi connectivity index (χ0v) is 10.5. The van der Waals surface area contributed by atoms with Crippen LogP contribution in [0.1, 0.15) is 46.5 Å². The lowest BCUT2D eigenvalue weighted by atomic mass is 10.2. The maximum absolute atomic E-state index is 5.58. The summed E-state index contributed by atoms with van der Waals surface area (Å²) in [5.74, 6) is 0. The Bertz CT molecular complexity index is 92.9. The molecule has 0 heterocycles. The normalized spacial score (nSPS) is 10.4. The molecule has 0 N–H and O–H groups in total. The van der Waals surface area contributed by atoms with Gasteiger partial charge >= 0.3 is 14.8 Å². The van der Waals surface area contributed by atoms with E-state index in [1.165, 1.54) is 31.0 Å². The van der Waals surface area contributed by atoms with Gasteiger partial charge in [0.1, 0.15) is 0 Å². The van der Waals surface area contributed by atoms with E-state index in [0.29, 0.717) is 0 Å². The number of unbranched alkanes of at least 4 members (excludes halogenated alkanes) is 3. The molecule has 2 nitrogen and oxygen atoms in total. The van der Waals surface area contributed by atoms with Gasteiger partial charge in [-0.05, 0) is 19.1 Å². The third kappa shape index (κ3) is 8.77. The van der Waals surface area contributed by atoms with Gasteiger partial charge in [0.15, 0.2) is 0 Å². The van der Waals surface area contributed by atoms with Crippen LogP contribution >= 0.6 is 0 Å². The minimum Gasteiger partial charge on any atom is -0.479 e. The van der Waals surface area contributed by atoms with E-state index in [2.05, 4.69) is 6.92 Å². The standard InChI is InChI=1S/C6H13.2C2H5O.Al/c1-3-5-6-4-2;2*1-2-3;/h1,3-6H2,2H3;2*2H2,1H3;/q;2*-1;+2. The summed E-state index contributed by atoms with van der Waals surface area (Å²) in [5.41, 5.74) is 0. The fourth-order valence-electron chi connectivity index (χ4n) is 1.32. The second-order valence-electron chi connectivity index (χ2n) is 3.19. The van der Waals surface area contributed by atoms with Crippen molar-refractivity contribution in [2.24, 2.45) is 0 Å². The molecule has 0 fully saturated rings. The number of hydrogen-bond donors (Lipinski definition) is 0. The predicted octanol–water partition coefficient (Wildman–Crippen LogP) is 3.13. The largest absolute Gasteiger partial charge is 0.674 e. The van der Waals surface area contributed by atoms with Crippen LogP contribution in [0.3, 0.4) is 0 Å². The summed E-state index contributed by atoms with van der Waals surface area (Å²) in [4.78, 5) is 0. The summed E-state index contributed by atoms with van der Waals surface area (Å²) >= 11 is -1.28. The van der Waals surface area contributed by atoms with Gasteiger partial charge in [-0.2, -0.15) is 0 Å². The third-order valence-electron chi connectivity index (χ3n) is 2.00. The lowest BCUT2D eigenvalue weighted by molar-refractivity contribution is 0.212. The summed E-state index contributed by atoms with van der Waals surface area (Å²) in [5, 5.41) is 1.18. The minimum absolute atomic E-state index is 0.810. The Hall–Kier alpha value is 0.452. The van der Waals surface area contributed by atoms with Crippen molar-refractivity contribution in [1.82, 2.24) is 0 Å². The van der Waals surface area contributed by atoms with Gasteiger partial charge in [0, 0.05) is 13.2 Å². The Morgan fingerprint density at radius 2 is 1.46 bits per heavy atom. The van der Waals surface area contributed by atoms with Crippen molar-refractivity contribution >= 4 is 14.8 Å². The van der Waals surface area contributed by atoms with Crippen LogP contribution in [-0.2, 0) is 7.58 Å². The summed E-state index contributed by atoms with van der Waals surface area (Å²) in [6, 6.07) is 0. The van der Waals surface area contributed by atoms with Crippen LogP contribution in [0.4, 0.5) is 0 Å². The molecular formula is C10H23AlO2. The molecule has 0 aliphatic heterocycles. The molecule has 0 atom stereocenters. The Morgan fingerprint density at radius 3 is 1.92 bits per heavy atom. The second-order valence-corrected chi connectivity index (χ2v) is 5.29. The first-order valence-electron chi connectivity index (χ1n) is 5.58. The lowest BCUT2D eigenvalue weighted by Crippen LogP contribution is -2.22. The van der Waals surface area contributed by atoms with E-state index < -0.39 is 14.8 Å². The Kier molecular flexibility index (Phi) is 10.9. The molecule has 0 aromatic heterocycles. The highest BCUT2D eigenvalue weighted by Gasteiger charge is 2.22. The zero-order chi connectivity index (χ0) is 9.94. The summed E-state index contributed by atoms with van der Waals surface area (Å²) in [7, 11) is 0. The maximum Gasteiger partial charge on any atom is 0.674 e. The van der Waals surface area contributed by atoms with E-state index in [4.69, 9.17) is 7.58 Å². The van der Waals surface area contributed by atoms with E-state index in [1.54, 1.807) is 0 Å². The van der Waals surface area contributed by atoms with Crippen LogP contribution in [0.15, 0.2) is 0 Å².